The van der Waals surface area contributed by atoms with Crippen LogP contribution in [0.4, 0.5) is 13.2 Å². The van der Waals surface area contributed by atoms with Crippen molar-refractivity contribution in [3.8, 4) is 11.3 Å². The van der Waals surface area contributed by atoms with Crippen LogP contribution in [0.15, 0.2) is 30.5 Å². The monoisotopic (exact) mass is 505 g/mol. The molecule has 0 spiro atoms. The van der Waals surface area contributed by atoms with E-state index in [1.165, 1.54) is 14.2 Å². The van der Waals surface area contributed by atoms with Gasteiger partial charge in [0, 0.05) is 31.0 Å². The molecule has 0 saturated carbocycles. The molecular weight excluding hydrogens is 493 g/mol. The van der Waals surface area contributed by atoms with Crippen LogP contribution in [0, 0.1) is 0 Å². The van der Waals surface area contributed by atoms with E-state index in [0.29, 0.717) is 22.3 Å². The first-order chi connectivity index (χ1) is 12.5. The van der Waals surface area contributed by atoms with Crippen molar-refractivity contribution in [1.29, 1.82) is 0 Å². The summed E-state index contributed by atoms with van der Waals surface area (Å²) in [5.74, 6) is 0. The molecule has 2 aromatic rings. The van der Waals surface area contributed by atoms with E-state index in [1.54, 1.807) is 18.2 Å². The zero-order chi connectivity index (χ0) is 20.4. The third-order valence-corrected chi connectivity index (χ3v) is 8.10. The van der Waals surface area contributed by atoms with Crippen molar-refractivity contribution < 1.29 is 26.8 Å². The molecule has 1 aromatic carbocycles. The number of aromatic nitrogens is 1. The standard InChI is InChI=1S/C16H14BrCl2F3NO3P/c1-25-27(24,26-2)14(17)6-10-5-9(3-4-12(10)18)15-13(19)7-11(8-23-15)16(20,21)22/h3-5,7-8,14H,6H2,1-2H3. The van der Waals surface area contributed by atoms with Crippen LogP contribution in [-0.2, 0) is 26.2 Å². The normalized spacial score (nSPS) is 13.6. The van der Waals surface area contributed by atoms with Crippen LogP contribution in [0.5, 0.6) is 0 Å². The van der Waals surface area contributed by atoms with E-state index in [2.05, 4.69) is 20.9 Å². The van der Waals surface area contributed by atoms with Crippen LogP contribution >= 0.6 is 46.7 Å². The Hall–Kier alpha value is -0.630. The summed E-state index contributed by atoms with van der Waals surface area (Å²) >= 11 is 15.5. The molecule has 0 aliphatic heterocycles. The third kappa shape index (κ3) is 5.25. The fourth-order valence-corrected chi connectivity index (χ4v) is 5.13. The smallest absolute Gasteiger partial charge is 0.311 e. The molecule has 27 heavy (non-hydrogen) atoms. The molecule has 0 radical (unpaired) electrons. The fraction of sp³-hybridized carbons (Fsp3) is 0.312. The van der Waals surface area contributed by atoms with Crippen molar-refractivity contribution in [2.24, 2.45) is 0 Å². The summed E-state index contributed by atoms with van der Waals surface area (Å²) in [5, 5.41) is 0.234. The summed E-state index contributed by atoms with van der Waals surface area (Å²) in [7, 11) is -0.855. The van der Waals surface area contributed by atoms with E-state index >= 15 is 0 Å². The van der Waals surface area contributed by atoms with Gasteiger partial charge in [0.2, 0.25) is 0 Å². The van der Waals surface area contributed by atoms with Gasteiger partial charge in [0.1, 0.15) is 4.57 Å². The molecule has 0 N–H and O–H groups in total. The van der Waals surface area contributed by atoms with Gasteiger partial charge >= 0.3 is 13.8 Å². The first-order valence-corrected chi connectivity index (χ1v) is 10.7. The number of alkyl halides is 4. The Bertz CT molecular complexity index is 874. The minimum atomic E-state index is -4.54. The molecule has 0 fully saturated rings. The second kappa shape index (κ2) is 8.80. The SMILES string of the molecule is COP(=O)(OC)C(Br)Cc1cc(-c2ncc(C(F)(F)F)cc2Cl)ccc1Cl. The predicted molar refractivity (Wildman–Crippen MR) is 103 cm³/mol. The Morgan fingerprint density at radius 2 is 1.81 bits per heavy atom. The molecule has 1 unspecified atom stereocenters. The summed E-state index contributed by atoms with van der Waals surface area (Å²) < 4.78 is 60.0. The Balaban J connectivity index is 2.39. The zero-order valence-electron chi connectivity index (χ0n) is 14.1. The molecule has 2 rings (SSSR count). The molecule has 11 heteroatoms. The number of halogens is 6. The Kier molecular flexibility index (Phi) is 7.39. The van der Waals surface area contributed by atoms with Crippen LogP contribution in [0.2, 0.25) is 10.0 Å². The molecular formula is C16H14BrCl2F3NO3P. The van der Waals surface area contributed by atoms with Gasteiger partial charge in [-0.1, -0.05) is 45.2 Å². The minimum Gasteiger partial charge on any atom is -0.311 e. The average molecular weight is 507 g/mol. The van der Waals surface area contributed by atoms with Gasteiger partial charge in [-0.3, -0.25) is 9.55 Å². The van der Waals surface area contributed by atoms with Gasteiger partial charge in [-0.25, -0.2) is 0 Å². The van der Waals surface area contributed by atoms with Gasteiger partial charge in [0.05, 0.1) is 16.3 Å². The second-order valence-electron chi connectivity index (χ2n) is 5.40. The van der Waals surface area contributed by atoms with Crippen molar-refractivity contribution in [1.82, 2.24) is 4.98 Å². The molecule has 1 aromatic heterocycles. The lowest BCUT2D eigenvalue weighted by atomic mass is 10.1. The van der Waals surface area contributed by atoms with Crippen LogP contribution < -0.4 is 0 Å². The zero-order valence-corrected chi connectivity index (χ0v) is 18.1. The topological polar surface area (TPSA) is 48.4 Å². The Morgan fingerprint density at radius 3 is 2.33 bits per heavy atom. The van der Waals surface area contributed by atoms with Gasteiger partial charge in [-0.15, -0.1) is 0 Å². The number of pyridine rings is 1. The first kappa shape index (κ1) is 22.7. The van der Waals surface area contributed by atoms with Gasteiger partial charge in [-0.05, 0) is 30.2 Å². The molecule has 0 aliphatic carbocycles. The van der Waals surface area contributed by atoms with E-state index in [-0.39, 0.29) is 17.1 Å². The largest absolute Gasteiger partial charge is 0.417 e. The van der Waals surface area contributed by atoms with Gasteiger partial charge < -0.3 is 9.05 Å². The quantitative estimate of drug-likeness (QED) is 0.318. The molecule has 1 atom stereocenters. The Morgan fingerprint density at radius 1 is 1.19 bits per heavy atom. The molecule has 4 nitrogen and oxygen atoms in total. The highest BCUT2D eigenvalue weighted by atomic mass is 79.9. The molecule has 0 bridgehead atoms. The summed E-state index contributed by atoms with van der Waals surface area (Å²) in [6.45, 7) is 0. The van der Waals surface area contributed by atoms with Crippen molar-refractivity contribution in [3.63, 3.8) is 0 Å². The number of hydrogen-bond donors (Lipinski definition) is 0. The number of benzene rings is 1. The number of hydrogen-bond acceptors (Lipinski definition) is 4. The van der Waals surface area contributed by atoms with Crippen molar-refractivity contribution in [2.45, 2.75) is 17.2 Å². The van der Waals surface area contributed by atoms with Crippen LogP contribution in [0.3, 0.4) is 0 Å². The Labute approximate surface area is 172 Å². The van der Waals surface area contributed by atoms with E-state index in [0.717, 1.165) is 6.07 Å². The van der Waals surface area contributed by atoms with Crippen molar-refractivity contribution in [2.75, 3.05) is 14.2 Å². The van der Waals surface area contributed by atoms with Crippen LogP contribution in [0.1, 0.15) is 11.1 Å². The maximum atomic E-state index is 12.8. The van der Waals surface area contributed by atoms with Crippen molar-refractivity contribution in [3.05, 3.63) is 51.6 Å². The lowest BCUT2D eigenvalue weighted by molar-refractivity contribution is -0.137. The lowest BCUT2D eigenvalue weighted by Crippen LogP contribution is -2.08. The summed E-state index contributed by atoms with van der Waals surface area (Å²) in [6.07, 6.45) is -3.64. The molecule has 0 amide bonds. The molecule has 148 valence electrons. The van der Waals surface area contributed by atoms with E-state index in [1.807, 2.05) is 0 Å². The van der Waals surface area contributed by atoms with Gasteiger partial charge in [0.25, 0.3) is 0 Å². The predicted octanol–water partition coefficient (Wildman–Crippen LogP) is 6.82. The van der Waals surface area contributed by atoms with E-state index in [9.17, 15) is 17.7 Å². The number of nitrogens with zero attached hydrogens (tertiary/aromatic N) is 1. The third-order valence-electron chi connectivity index (χ3n) is 3.73. The molecule has 0 saturated heterocycles. The van der Waals surface area contributed by atoms with Crippen LogP contribution in [-0.4, -0.2) is 23.8 Å². The second-order valence-corrected chi connectivity index (χ2v) is 10.5. The highest BCUT2D eigenvalue weighted by Gasteiger charge is 2.33. The van der Waals surface area contributed by atoms with Crippen LogP contribution in [0.25, 0.3) is 11.3 Å². The number of rotatable bonds is 6. The van der Waals surface area contributed by atoms with Gasteiger partial charge in [-0.2, -0.15) is 13.2 Å². The highest BCUT2D eigenvalue weighted by Crippen LogP contribution is 2.55. The van der Waals surface area contributed by atoms with Gasteiger partial charge in [0.15, 0.2) is 0 Å². The highest BCUT2D eigenvalue weighted by molar-refractivity contribution is 9.10. The first-order valence-electron chi connectivity index (χ1n) is 7.38. The lowest BCUT2D eigenvalue weighted by Gasteiger charge is -2.20. The molecule has 1 heterocycles. The maximum absolute atomic E-state index is 12.8. The van der Waals surface area contributed by atoms with E-state index < -0.39 is 23.9 Å². The molecule has 0 aliphatic rings. The fourth-order valence-electron chi connectivity index (χ4n) is 2.28. The summed E-state index contributed by atoms with van der Waals surface area (Å²) in [4.78, 5) is 3.84. The van der Waals surface area contributed by atoms with E-state index in [4.69, 9.17) is 32.2 Å². The van der Waals surface area contributed by atoms with Crippen molar-refractivity contribution >= 4 is 46.7 Å². The summed E-state index contributed by atoms with van der Waals surface area (Å²) in [5.41, 5.74) is 0.281. The maximum Gasteiger partial charge on any atom is 0.417 e. The average Bonchev–Trinajstić information content (AvgIpc) is 2.62. The summed E-state index contributed by atoms with van der Waals surface area (Å²) in [6, 6.07) is 5.58. The minimum absolute atomic E-state index is 0.145.